The Hall–Kier alpha value is -2.90. The van der Waals surface area contributed by atoms with Crippen LogP contribution in [0.5, 0.6) is 0 Å². The zero-order valence-electron chi connectivity index (χ0n) is 12.8. The smallest absolute Gasteiger partial charge is 0.272 e. The van der Waals surface area contributed by atoms with Gasteiger partial charge in [-0.15, -0.1) is 0 Å². The third-order valence-corrected chi connectivity index (χ3v) is 4.17. The van der Waals surface area contributed by atoms with Crippen molar-refractivity contribution in [1.82, 2.24) is 29.3 Å². The summed E-state index contributed by atoms with van der Waals surface area (Å²) in [6.07, 6.45) is 5.29. The maximum Gasteiger partial charge on any atom is 0.272 e. The fourth-order valence-electron chi connectivity index (χ4n) is 2.86. The molecule has 8 heteroatoms. The van der Waals surface area contributed by atoms with E-state index in [1.165, 1.54) is 0 Å². The highest BCUT2D eigenvalue weighted by Gasteiger charge is 2.24. The van der Waals surface area contributed by atoms with Gasteiger partial charge in [-0.25, -0.2) is 9.50 Å². The van der Waals surface area contributed by atoms with Crippen molar-refractivity contribution in [3.8, 4) is 0 Å². The molecule has 1 saturated heterocycles. The Bertz CT molecular complexity index is 844. The molecule has 0 atom stereocenters. The Morgan fingerprint density at radius 1 is 1.04 bits per heavy atom. The molecule has 1 fully saturated rings. The summed E-state index contributed by atoms with van der Waals surface area (Å²) in [5, 5.41) is 8.21. The molecule has 1 aliphatic heterocycles. The monoisotopic (exact) mass is 311 g/mol. The first-order chi connectivity index (χ1) is 11.2. The van der Waals surface area contributed by atoms with Crippen molar-refractivity contribution in [3.63, 3.8) is 0 Å². The summed E-state index contributed by atoms with van der Waals surface area (Å²) < 4.78 is 3.36. The van der Waals surface area contributed by atoms with E-state index >= 15 is 0 Å². The van der Waals surface area contributed by atoms with Crippen molar-refractivity contribution in [2.75, 3.05) is 31.1 Å². The Balaban J connectivity index is 1.46. The van der Waals surface area contributed by atoms with Gasteiger partial charge in [-0.1, -0.05) is 0 Å². The maximum absolute atomic E-state index is 12.5. The lowest BCUT2D eigenvalue weighted by molar-refractivity contribution is 0.0735. The molecule has 1 aliphatic rings. The van der Waals surface area contributed by atoms with Crippen molar-refractivity contribution in [2.45, 2.75) is 0 Å². The second-order valence-electron chi connectivity index (χ2n) is 5.54. The van der Waals surface area contributed by atoms with Crippen LogP contribution in [0.15, 0.2) is 36.8 Å². The van der Waals surface area contributed by atoms with E-state index in [1.54, 1.807) is 34.7 Å². The second kappa shape index (κ2) is 5.38. The molecule has 23 heavy (non-hydrogen) atoms. The van der Waals surface area contributed by atoms with E-state index < -0.39 is 0 Å². The topological polar surface area (TPSA) is 71.6 Å². The first-order valence-corrected chi connectivity index (χ1v) is 7.55. The standard InChI is InChI=1S/C15H17N7O/c1-19-12(2-5-16-19)15(23)21-10-8-20(9-11-21)13-4-7-22-14(18-13)3-6-17-22/h2-7H,8-11H2,1H3. The predicted octanol–water partition coefficient (Wildman–Crippen LogP) is 0.425. The van der Waals surface area contributed by atoms with Crippen LogP contribution in [0.25, 0.3) is 5.65 Å². The van der Waals surface area contributed by atoms with Crippen molar-refractivity contribution >= 4 is 17.4 Å². The molecule has 0 saturated carbocycles. The number of fused-ring (bicyclic) bond motifs is 1. The van der Waals surface area contributed by atoms with Gasteiger partial charge in [0.1, 0.15) is 11.5 Å². The molecule has 0 spiro atoms. The van der Waals surface area contributed by atoms with Gasteiger partial charge in [0.25, 0.3) is 5.91 Å². The quantitative estimate of drug-likeness (QED) is 0.686. The summed E-state index contributed by atoms with van der Waals surface area (Å²) in [7, 11) is 1.79. The number of piperazine rings is 1. The average molecular weight is 311 g/mol. The van der Waals surface area contributed by atoms with E-state index in [0.29, 0.717) is 18.8 Å². The van der Waals surface area contributed by atoms with Crippen LogP contribution >= 0.6 is 0 Å². The first kappa shape index (κ1) is 13.7. The minimum absolute atomic E-state index is 0.0313. The van der Waals surface area contributed by atoms with Gasteiger partial charge in [-0.3, -0.25) is 9.48 Å². The normalized spacial score (nSPS) is 15.3. The van der Waals surface area contributed by atoms with Crippen molar-refractivity contribution in [1.29, 1.82) is 0 Å². The Kier molecular flexibility index (Phi) is 3.22. The summed E-state index contributed by atoms with van der Waals surface area (Å²) in [6, 6.07) is 5.59. The van der Waals surface area contributed by atoms with Gasteiger partial charge in [0.2, 0.25) is 0 Å². The molecule has 0 bridgehead atoms. The van der Waals surface area contributed by atoms with E-state index in [2.05, 4.69) is 20.1 Å². The molecule has 4 rings (SSSR count). The molecule has 0 unspecified atom stereocenters. The Morgan fingerprint density at radius 3 is 2.57 bits per heavy atom. The fourth-order valence-corrected chi connectivity index (χ4v) is 2.86. The van der Waals surface area contributed by atoms with Crippen LogP contribution in [0.4, 0.5) is 5.82 Å². The number of nitrogens with zero attached hydrogens (tertiary/aromatic N) is 7. The molecular formula is C15H17N7O. The van der Waals surface area contributed by atoms with Crippen LogP contribution in [0.2, 0.25) is 0 Å². The lowest BCUT2D eigenvalue weighted by atomic mass is 10.2. The van der Waals surface area contributed by atoms with Gasteiger partial charge in [0.05, 0.1) is 6.20 Å². The molecule has 3 aromatic heterocycles. The van der Waals surface area contributed by atoms with Crippen molar-refractivity contribution < 1.29 is 4.79 Å². The van der Waals surface area contributed by atoms with Gasteiger partial charge in [-0.05, 0) is 12.1 Å². The number of aryl methyl sites for hydroxylation is 1. The summed E-state index contributed by atoms with van der Waals surface area (Å²) in [6.45, 7) is 2.88. The molecule has 0 aromatic carbocycles. The number of carbonyl (C=O) groups is 1. The average Bonchev–Trinajstić information content (AvgIpc) is 3.22. The number of anilines is 1. The largest absolute Gasteiger partial charge is 0.353 e. The van der Waals surface area contributed by atoms with Crippen molar-refractivity contribution in [2.24, 2.45) is 7.05 Å². The lowest BCUT2D eigenvalue weighted by Crippen LogP contribution is -2.49. The van der Waals surface area contributed by atoms with Crippen LogP contribution in [0.1, 0.15) is 10.5 Å². The predicted molar refractivity (Wildman–Crippen MR) is 84.3 cm³/mol. The minimum Gasteiger partial charge on any atom is -0.353 e. The number of amides is 1. The molecular weight excluding hydrogens is 294 g/mol. The van der Waals surface area contributed by atoms with E-state index in [1.807, 2.05) is 23.2 Å². The van der Waals surface area contributed by atoms with E-state index in [4.69, 9.17) is 0 Å². The number of carbonyl (C=O) groups excluding carboxylic acids is 1. The number of aromatic nitrogens is 5. The lowest BCUT2D eigenvalue weighted by Gasteiger charge is -2.35. The molecule has 3 aromatic rings. The van der Waals surface area contributed by atoms with E-state index in [9.17, 15) is 4.79 Å². The number of rotatable bonds is 2. The SMILES string of the molecule is Cn1nccc1C(=O)N1CCN(c2ccn3nccc3n2)CC1. The van der Waals surface area contributed by atoms with Crippen LogP contribution in [-0.4, -0.2) is 61.4 Å². The highest BCUT2D eigenvalue weighted by atomic mass is 16.2. The maximum atomic E-state index is 12.5. The summed E-state index contributed by atoms with van der Waals surface area (Å²) in [4.78, 5) is 21.1. The highest BCUT2D eigenvalue weighted by molar-refractivity contribution is 5.92. The van der Waals surface area contributed by atoms with Crippen molar-refractivity contribution in [3.05, 3.63) is 42.5 Å². The van der Waals surface area contributed by atoms with Crippen LogP contribution in [-0.2, 0) is 7.05 Å². The minimum atomic E-state index is 0.0313. The van der Waals surface area contributed by atoms with E-state index in [-0.39, 0.29) is 5.91 Å². The molecule has 0 radical (unpaired) electrons. The van der Waals surface area contributed by atoms with Gasteiger partial charge in [0, 0.05) is 51.7 Å². The molecule has 4 heterocycles. The number of hydrogen-bond acceptors (Lipinski definition) is 5. The summed E-state index contributed by atoms with van der Waals surface area (Å²) in [5.41, 5.74) is 1.45. The van der Waals surface area contributed by atoms with Crippen LogP contribution in [0.3, 0.4) is 0 Å². The Labute approximate surface area is 132 Å². The second-order valence-corrected chi connectivity index (χ2v) is 5.54. The van der Waals surface area contributed by atoms with Crippen LogP contribution in [0, 0.1) is 0 Å². The molecule has 8 nitrogen and oxygen atoms in total. The van der Waals surface area contributed by atoms with Gasteiger partial charge in [-0.2, -0.15) is 10.2 Å². The zero-order chi connectivity index (χ0) is 15.8. The molecule has 118 valence electrons. The first-order valence-electron chi connectivity index (χ1n) is 7.55. The van der Waals surface area contributed by atoms with E-state index in [0.717, 1.165) is 24.6 Å². The highest BCUT2D eigenvalue weighted by Crippen LogP contribution is 2.16. The number of hydrogen-bond donors (Lipinski definition) is 0. The third-order valence-electron chi connectivity index (χ3n) is 4.17. The third kappa shape index (κ3) is 2.41. The Morgan fingerprint density at radius 2 is 1.83 bits per heavy atom. The molecule has 0 aliphatic carbocycles. The summed E-state index contributed by atoms with van der Waals surface area (Å²) in [5.74, 6) is 0.953. The van der Waals surface area contributed by atoms with Gasteiger partial charge < -0.3 is 9.80 Å². The van der Waals surface area contributed by atoms with Gasteiger partial charge in [0.15, 0.2) is 5.65 Å². The van der Waals surface area contributed by atoms with Gasteiger partial charge >= 0.3 is 0 Å². The molecule has 0 N–H and O–H groups in total. The fraction of sp³-hybridized carbons (Fsp3) is 0.333. The molecule has 1 amide bonds. The zero-order valence-corrected chi connectivity index (χ0v) is 12.8. The van der Waals surface area contributed by atoms with Crippen LogP contribution < -0.4 is 4.90 Å². The summed E-state index contributed by atoms with van der Waals surface area (Å²) >= 11 is 0.